The van der Waals surface area contributed by atoms with Gasteiger partial charge in [-0.3, -0.25) is 4.72 Å². The second-order valence-electron chi connectivity index (χ2n) is 7.16. The minimum atomic E-state index is -4.01. The van der Waals surface area contributed by atoms with Gasteiger partial charge in [-0.1, -0.05) is 12.2 Å². The number of ether oxygens (including phenoxy) is 5. The first-order chi connectivity index (χ1) is 16.8. The molecule has 0 bridgehead atoms. The van der Waals surface area contributed by atoms with E-state index >= 15 is 0 Å². The number of hydrogen-bond donors (Lipinski definition) is 2. The fourth-order valence-corrected chi connectivity index (χ4v) is 4.46. The van der Waals surface area contributed by atoms with E-state index in [0.717, 1.165) is 0 Å². The average molecular weight is 502 g/mol. The number of sulfonamides is 1. The van der Waals surface area contributed by atoms with Crippen molar-refractivity contribution in [1.29, 1.82) is 0 Å². The van der Waals surface area contributed by atoms with Crippen LogP contribution in [-0.2, 0) is 10.0 Å². The Balaban J connectivity index is 2.05. The van der Waals surface area contributed by atoms with Crippen molar-refractivity contribution in [3.63, 3.8) is 0 Å². The monoisotopic (exact) mass is 501 g/mol. The van der Waals surface area contributed by atoms with E-state index in [1.54, 1.807) is 42.5 Å². The van der Waals surface area contributed by atoms with Gasteiger partial charge in [0.2, 0.25) is 5.75 Å². The van der Waals surface area contributed by atoms with Crippen molar-refractivity contribution in [3.05, 3.63) is 59.7 Å². The Morgan fingerprint density at radius 2 is 1.34 bits per heavy atom. The fraction of sp³-hybridized carbons (Fsp3) is 0.200. The molecule has 0 radical (unpaired) electrons. The number of rotatable bonds is 10. The first-order valence-electron chi connectivity index (χ1n) is 10.3. The minimum absolute atomic E-state index is 0.0169. The molecule has 0 spiro atoms. The van der Waals surface area contributed by atoms with E-state index in [-0.39, 0.29) is 22.1 Å². The van der Waals surface area contributed by atoms with Crippen LogP contribution in [0.25, 0.3) is 12.2 Å². The molecule has 0 unspecified atom stereocenters. The quantitative estimate of drug-likeness (QED) is 0.393. The lowest BCUT2D eigenvalue weighted by Crippen LogP contribution is -2.14. The standard InChI is InChI=1S/C25H27NO8S/c1-30-18-9-11-19(12-10-18)35(28,29)26-23-17(8-13-20(27)24(23)33-4)7-6-16-14-21(31-2)25(34-5)22(15-16)32-3/h6-15,26-27H,1-5H3. The van der Waals surface area contributed by atoms with Crippen molar-refractivity contribution in [2.45, 2.75) is 4.90 Å². The lowest BCUT2D eigenvalue weighted by Gasteiger charge is -2.16. The summed E-state index contributed by atoms with van der Waals surface area (Å²) in [5.74, 6) is 1.67. The molecule has 0 saturated carbocycles. The number of phenolic OH excluding ortho intramolecular Hbond substituents is 1. The summed E-state index contributed by atoms with van der Waals surface area (Å²) < 4.78 is 55.2. The van der Waals surface area contributed by atoms with Crippen LogP contribution < -0.4 is 28.4 Å². The summed E-state index contributed by atoms with van der Waals surface area (Å²) in [6.07, 6.45) is 3.41. The topological polar surface area (TPSA) is 113 Å². The molecular formula is C25H27NO8S. The van der Waals surface area contributed by atoms with E-state index in [4.69, 9.17) is 23.7 Å². The molecule has 0 aromatic heterocycles. The van der Waals surface area contributed by atoms with Crippen LogP contribution in [0.2, 0.25) is 0 Å². The number of anilines is 1. The van der Waals surface area contributed by atoms with Gasteiger partial charge >= 0.3 is 0 Å². The highest BCUT2D eigenvalue weighted by Gasteiger charge is 2.21. The lowest BCUT2D eigenvalue weighted by atomic mass is 10.1. The molecule has 10 heteroatoms. The number of benzene rings is 3. The molecule has 0 aliphatic carbocycles. The van der Waals surface area contributed by atoms with Gasteiger partial charge in [0.05, 0.1) is 40.4 Å². The normalized spacial score (nSPS) is 11.2. The summed E-state index contributed by atoms with van der Waals surface area (Å²) >= 11 is 0. The first kappa shape index (κ1) is 25.6. The van der Waals surface area contributed by atoms with E-state index in [0.29, 0.717) is 34.1 Å². The fourth-order valence-electron chi connectivity index (χ4n) is 3.37. The van der Waals surface area contributed by atoms with Gasteiger partial charge in [-0.15, -0.1) is 0 Å². The van der Waals surface area contributed by atoms with Gasteiger partial charge in [-0.25, -0.2) is 8.42 Å². The Kier molecular flexibility index (Phi) is 7.98. The molecule has 0 saturated heterocycles. The van der Waals surface area contributed by atoms with Gasteiger partial charge < -0.3 is 28.8 Å². The Morgan fingerprint density at radius 3 is 1.86 bits per heavy atom. The maximum absolute atomic E-state index is 13.1. The highest BCUT2D eigenvalue weighted by atomic mass is 32.2. The van der Waals surface area contributed by atoms with Crippen LogP contribution in [0.5, 0.6) is 34.5 Å². The number of hydrogen-bond acceptors (Lipinski definition) is 8. The van der Waals surface area contributed by atoms with Gasteiger partial charge in [0.25, 0.3) is 10.0 Å². The highest BCUT2D eigenvalue weighted by Crippen LogP contribution is 2.41. The van der Waals surface area contributed by atoms with E-state index in [9.17, 15) is 13.5 Å². The molecule has 3 aromatic carbocycles. The zero-order chi connectivity index (χ0) is 25.6. The maximum atomic E-state index is 13.1. The summed E-state index contributed by atoms with van der Waals surface area (Å²) in [5.41, 5.74) is 1.23. The second kappa shape index (κ2) is 10.9. The van der Waals surface area contributed by atoms with Gasteiger partial charge in [0.1, 0.15) is 11.4 Å². The molecule has 0 atom stereocenters. The van der Waals surface area contributed by atoms with Gasteiger partial charge in [-0.05, 0) is 54.1 Å². The molecule has 2 N–H and O–H groups in total. The van der Waals surface area contributed by atoms with Gasteiger partial charge in [0.15, 0.2) is 23.0 Å². The molecule has 0 amide bonds. The van der Waals surface area contributed by atoms with Crippen molar-refractivity contribution in [3.8, 4) is 34.5 Å². The largest absolute Gasteiger partial charge is 0.504 e. The lowest BCUT2D eigenvalue weighted by molar-refractivity contribution is 0.324. The van der Waals surface area contributed by atoms with Crippen LogP contribution in [0, 0.1) is 0 Å². The Bertz CT molecular complexity index is 1290. The molecule has 0 aliphatic heterocycles. The van der Waals surface area contributed by atoms with Gasteiger partial charge in [0, 0.05) is 5.56 Å². The van der Waals surface area contributed by atoms with E-state index in [1.165, 1.54) is 53.7 Å². The van der Waals surface area contributed by atoms with Crippen molar-refractivity contribution in [2.24, 2.45) is 0 Å². The van der Waals surface area contributed by atoms with Crippen LogP contribution in [0.3, 0.4) is 0 Å². The van der Waals surface area contributed by atoms with E-state index < -0.39 is 10.0 Å². The molecule has 3 rings (SSSR count). The number of nitrogens with one attached hydrogen (secondary N) is 1. The third-order valence-electron chi connectivity index (χ3n) is 5.12. The molecule has 35 heavy (non-hydrogen) atoms. The maximum Gasteiger partial charge on any atom is 0.262 e. The molecule has 0 heterocycles. The van der Waals surface area contributed by atoms with E-state index in [1.807, 2.05) is 0 Å². The van der Waals surface area contributed by atoms with Crippen molar-refractivity contribution in [2.75, 3.05) is 40.3 Å². The molecular weight excluding hydrogens is 474 g/mol. The van der Waals surface area contributed by atoms with Gasteiger partial charge in [-0.2, -0.15) is 0 Å². The molecule has 9 nitrogen and oxygen atoms in total. The Morgan fingerprint density at radius 1 is 0.743 bits per heavy atom. The summed E-state index contributed by atoms with van der Waals surface area (Å²) in [6, 6.07) is 12.4. The van der Waals surface area contributed by atoms with Crippen LogP contribution >= 0.6 is 0 Å². The number of phenols is 1. The predicted molar refractivity (Wildman–Crippen MR) is 133 cm³/mol. The zero-order valence-corrected chi connectivity index (χ0v) is 20.8. The second-order valence-corrected chi connectivity index (χ2v) is 8.84. The van der Waals surface area contributed by atoms with Crippen molar-refractivity contribution >= 4 is 27.9 Å². The molecule has 186 valence electrons. The van der Waals surface area contributed by atoms with Crippen molar-refractivity contribution in [1.82, 2.24) is 0 Å². The van der Waals surface area contributed by atoms with Crippen LogP contribution in [0.4, 0.5) is 5.69 Å². The summed E-state index contributed by atoms with van der Waals surface area (Å²) in [6.45, 7) is 0. The third kappa shape index (κ3) is 5.55. The van der Waals surface area contributed by atoms with Crippen molar-refractivity contribution < 1.29 is 37.2 Å². The zero-order valence-electron chi connectivity index (χ0n) is 20.0. The van der Waals surface area contributed by atoms with Crippen LogP contribution in [0.15, 0.2) is 53.4 Å². The smallest absolute Gasteiger partial charge is 0.262 e. The summed E-state index contributed by atoms with van der Waals surface area (Å²) in [5, 5.41) is 10.3. The highest BCUT2D eigenvalue weighted by molar-refractivity contribution is 7.92. The molecule has 3 aromatic rings. The predicted octanol–water partition coefficient (Wildman–Crippen LogP) is 4.41. The van der Waals surface area contributed by atoms with Crippen LogP contribution in [-0.4, -0.2) is 49.1 Å². The SMILES string of the molecule is COc1ccc(S(=O)(=O)Nc2c(C=Cc3cc(OC)c(OC)c(OC)c3)ccc(O)c2OC)cc1. The molecule has 0 aliphatic rings. The van der Waals surface area contributed by atoms with E-state index in [2.05, 4.69) is 4.72 Å². The van der Waals surface area contributed by atoms with Crippen LogP contribution in [0.1, 0.15) is 11.1 Å². The summed E-state index contributed by atoms with van der Waals surface area (Å²) in [7, 11) is 3.37. The minimum Gasteiger partial charge on any atom is -0.504 e. The first-order valence-corrected chi connectivity index (χ1v) is 11.8. The summed E-state index contributed by atoms with van der Waals surface area (Å²) in [4.78, 5) is 0.0169. The average Bonchev–Trinajstić information content (AvgIpc) is 2.87. The number of methoxy groups -OCH3 is 5. The Hall–Kier alpha value is -4.05. The number of aromatic hydroxyl groups is 1. The third-order valence-corrected chi connectivity index (χ3v) is 6.49. The molecule has 0 fully saturated rings. The Labute approximate surface area is 204 Å².